The number of hydrogen-bond acceptors (Lipinski definition) is 6. The van der Waals surface area contributed by atoms with Gasteiger partial charge in [0.05, 0.1) is 43.8 Å². The molecule has 2 aromatic carbocycles. The summed E-state index contributed by atoms with van der Waals surface area (Å²) in [5.41, 5.74) is 2.68. The third kappa shape index (κ3) is 6.80. The highest BCUT2D eigenvalue weighted by molar-refractivity contribution is 6.05. The number of carbonyl (C=O) groups excluding carboxylic acids is 4. The van der Waals surface area contributed by atoms with Crippen LogP contribution < -0.4 is 25.6 Å². The van der Waals surface area contributed by atoms with Gasteiger partial charge in [0.25, 0.3) is 0 Å². The van der Waals surface area contributed by atoms with Crippen LogP contribution in [0.15, 0.2) is 42.5 Å². The number of methoxy groups -OCH3 is 1. The Balaban J connectivity index is 1.53. The highest BCUT2D eigenvalue weighted by Gasteiger charge is 2.30. The van der Waals surface area contributed by atoms with Gasteiger partial charge in [0.15, 0.2) is 0 Å². The van der Waals surface area contributed by atoms with Gasteiger partial charge in [-0.1, -0.05) is 18.2 Å². The van der Waals surface area contributed by atoms with Gasteiger partial charge in [-0.3, -0.25) is 24.1 Å². The molecule has 1 unspecified atom stereocenters. The van der Waals surface area contributed by atoms with E-state index < -0.39 is 11.8 Å². The number of ether oxygens (including phenoxy) is 1. The van der Waals surface area contributed by atoms with E-state index >= 15 is 0 Å². The highest BCUT2D eigenvalue weighted by Crippen LogP contribution is 2.31. The molecular weight excluding hydrogens is 450 g/mol. The number of amides is 4. The molecule has 0 aliphatic carbocycles. The van der Waals surface area contributed by atoms with Crippen molar-refractivity contribution < 1.29 is 23.9 Å². The largest absolute Gasteiger partial charge is 0.495 e. The standard InChI is InChI=1S/C25H31N5O5/c1-16-9-10-21(35-4)19(11-16)28-23(32)13-26-24(33)14-29(3)15-25(34)30-17(2)12-22(31)27-18-7-5-6-8-20(18)30/h5-11,17H,12-15H2,1-4H3,(H,26,33)(H,27,31)(H,28,32). The summed E-state index contributed by atoms with van der Waals surface area (Å²) >= 11 is 0. The topological polar surface area (TPSA) is 120 Å². The number of rotatable bonds is 8. The Bertz CT molecular complexity index is 1120. The molecule has 0 fully saturated rings. The molecule has 3 rings (SSSR count). The molecule has 1 atom stereocenters. The Hall–Kier alpha value is -3.92. The molecule has 0 aromatic heterocycles. The first-order chi connectivity index (χ1) is 16.7. The van der Waals surface area contributed by atoms with Crippen LogP contribution in [0.2, 0.25) is 0 Å². The van der Waals surface area contributed by atoms with Gasteiger partial charge in [0.1, 0.15) is 5.75 Å². The van der Waals surface area contributed by atoms with E-state index in [0.717, 1.165) is 5.56 Å². The predicted octanol–water partition coefficient (Wildman–Crippen LogP) is 1.75. The summed E-state index contributed by atoms with van der Waals surface area (Å²) in [6.45, 7) is 3.38. The minimum absolute atomic E-state index is 0.0347. The maximum absolute atomic E-state index is 13.1. The normalized spacial score (nSPS) is 15.1. The van der Waals surface area contributed by atoms with Crippen molar-refractivity contribution in [1.29, 1.82) is 0 Å². The van der Waals surface area contributed by atoms with Crippen molar-refractivity contribution in [1.82, 2.24) is 10.2 Å². The average molecular weight is 482 g/mol. The Morgan fingerprint density at radius 2 is 1.89 bits per heavy atom. The molecule has 35 heavy (non-hydrogen) atoms. The smallest absolute Gasteiger partial charge is 0.243 e. The zero-order valence-corrected chi connectivity index (χ0v) is 20.4. The number of carbonyl (C=O) groups is 4. The highest BCUT2D eigenvalue weighted by atomic mass is 16.5. The fourth-order valence-corrected chi connectivity index (χ4v) is 3.92. The summed E-state index contributed by atoms with van der Waals surface area (Å²) in [5, 5.41) is 8.11. The van der Waals surface area contributed by atoms with E-state index in [2.05, 4.69) is 16.0 Å². The Labute approximate surface area is 204 Å². The first-order valence-electron chi connectivity index (χ1n) is 11.3. The summed E-state index contributed by atoms with van der Waals surface area (Å²) in [5.74, 6) is -0.661. The maximum Gasteiger partial charge on any atom is 0.243 e. The van der Waals surface area contributed by atoms with E-state index in [1.165, 1.54) is 7.11 Å². The lowest BCUT2D eigenvalue weighted by molar-refractivity contribution is -0.126. The number of benzene rings is 2. The zero-order chi connectivity index (χ0) is 25.5. The first-order valence-corrected chi connectivity index (χ1v) is 11.3. The van der Waals surface area contributed by atoms with Crippen molar-refractivity contribution in [2.45, 2.75) is 26.3 Å². The number of likely N-dealkylation sites (N-methyl/N-ethyl adjacent to an activating group) is 1. The third-order valence-electron chi connectivity index (χ3n) is 5.52. The van der Waals surface area contributed by atoms with Crippen LogP contribution in [0.1, 0.15) is 18.9 Å². The lowest BCUT2D eigenvalue weighted by Gasteiger charge is -2.29. The summed E-state index contributed by atoms with van der Waals surface area (Å²) in [6.07, 6.45) is 0.172. The monoisotopic (exact) mass is 481 g/mol. The molecule has 0 saturated heterocycles. The van der Waals surface area contributed by atoms with Gasteiger partial charge < -0.3 is 25.6 Å². The Morgan fingerprint density at radius 1 is 1.14 bits per heavy atom. The van der Waals surface area contributed by atoms with Gasteiger partial charge in [-0.2, -0.15) is 0 Å². The van der Waals surface area contributed by atoms with Crippen molar-refractivity contribution in [2.75, 3.05) is 49.3 Å². The van der Waals surface area contributed by atoms with Crippen LogP contribution in [0.5, 0.6) is 5.75 Å². The van der Waals surface area contributed by atoms with E-state index in [-0.39, 0.29) is 43.9 Å². The van der Waals surface area contributed by atoms with Crippen LogP contribution in [0.4, 0.5) is 17.1 Å². The second kappa shape index (κ2) is 11.5. The van der Waals surface area contributed by atoms with Crippen molar-refractivity contribution in [2.24, 2.45) is 0 Å². The predicted molar refractivity (Wildman–Crippen MR) is 134 cm³/mol. The molecule has 186 valence electrons. The van der Waals surface area contributed by atoms with Gasteiger partial charge in [-0.15, -0.1) is 0 Å². The van der Waals surface area contributed by atoms with Gasteiger partial charge in [-0.05, 0) is 50.7 Å². The number of para-hydroxylation sites is 2. The lowest BCUT2D eigenvalue weighted by Crippen LogP contribution is -2.46. The van der Waals surface area contributed by atoms with Gasteiger partial charge >= 0.3 is 0 Å². The van der Waals surface area contributed by atoms with Gasteiger partial charge in [0.2, 0.25) is 23.6 Å². The van der Waals surface area contributed by atoms with Gasteiger partial charge in [0, 0.05) is 12.5 Å². The number of fused-ring (bicyclic) bond motifs is 1. The van der Waals surface area contributed by atoms with E-state index in [4.69, 9.17) is 4.74 Å². The molecule has 10 heteroatoms. The van der Waals surface area contributed by atoms with Crippen LogP contribution in [0.3, 0.4) is 0 Å². The molecule has 0 bridgehead atoms. The molecular formula is C25H31N5O5. The molecule has 3 N–H and O–H groups in total. The molecule has 0 saturated carbocycles. The molecule has 1 aliphatic rings. The van der Waals surface area contributed by atoms with E-state index in [1.807, 2.05) is 19.9 Å². The summed E-state index contributed by atoms with van der Waals surface area (Å²) in [7, 11) is 3.16. The number of nitrogens with one attached hydrogen (secondary N) is 3. The van der Waals surface area contributed by atoms with E-state index in [1.54, 1.807) is 53.2 Å². The summed E-state index contributed by atoms with van der Waals surface area (Å²) in [4.78, 5) is 53.1. The fraction of sp³-hybridized carbons (Fsp3) is 0.360. The SMILES string of the molecule is COc1ccc(C)cc1NC(=O)CNC(=O)CN(C)CC(=O)N1c2ccccc2NC(=O)CC1C. The molecule has 0 radical (unpaired) electrons. The van der Waals surface area contributed by atoms with Crippen LogP contribution in [0, 0.1) is 6.92 Å². The zero-order valence-electron chi connectivity index (χ0n) is 20.4. The molecule has 1 aliphatic heterocycles. The number of anilines is 3. The number of nitrogens with zero attached hydrogens (tertiary/aromatic N) is 2. The van der Waals surface area contributed by atoms with E-state index in [0.29, 0.717) is 22.8 Å². The van der Waals surface area contributed by atoms with Gasteiger partial charge in [-0.25, -0.2) is 0 Å². The fourth-order valence-electron chi connectivity index (χ4n) is 3.92. The third-order valence-corrected chi connectivity index (χ3v) is 5.52. The molecule has 0 spiro atoms. The van der Waals surface area contributed by atoms with Crippen molar-refractivity contribution in [3.8, 4) is 5.75 Å². The average Bonchev–Trinajstić information content (AvgIpc) is 2.91. The Morgan fingerprint density at radius 3 is 2.63 bits per heavy atom. The molecule has 2 aromatic rings. The minimum atomic E-state index is -0.396. The first kappa shape index (κ1) is 25.7. The van der Waals surface area contributed by atoms with E-state index in [9.17, 15) is 19.2 Å². The number of hydrogen-bond donors (Lipinski definition) is 3. The molecule has 10 nitrogen and oxygen atoms in total. The second-order valence-electron chi connectivity index (χ2n) is 8.58. The molecule has 1 heterocycles. The van der Waals surface area contributed by atoms with Crippen LogP contribution in [0.25, 0.3) is 0 Å². The molecule has 4 amide bonds. The maximum atomic E-state index is 13.1. The van der Waals surface area contributed by atoms with Crippen molar-refractivity contribution in [3.63, 3.8) is 0 Å². The quantitative estimate of drug-likeness (QED) is 0.529. The van der Waals surface area contributed by atoms with Crippen LogP contribution in [-0.2, 0) is 19.2 Å². The summed E-state index contributed by atoms with van der Waals surface area (Å²) < 4.78 is 5.24. The second-order valence-corrected chi connectivity index (χ2v) is 8.58. The minimum Gasteiger partial charge on any atom is -0.495 e. The van der Waals surface area contributed by atoms with Crippen molar-refractivity contribution in [3.05, 3.63) is 48.0 Å². The Kier molecular flexibility index (Phi) is 8.43. The lowest BCUT2D eigenvalue weighted by atomic mass is 10.1. The van der Waals surface area contributed by atoms with Crippen molar-refractivity contribution >= 4 is 40.7 Å². The van der Waals surface area contributed by atoms with Crippen LogP contribution in [-0.4, -0.2) is 68.4 Å². The number of aryl methyl sites for hydroxylation is 1. The van der Waals surface area contributed by atoms with Crippen LogP contribution >= 0.6 is 0 Å². The summed E-state index contributed by atoms with van der Waals surface area (Å²) in [6, 6.07) is 12.2.